The van der Waals surface area contributed by atoms with Crippen molar-refractivity contribution in [2.45, 2.75) is 82.6 Å². The molecular formula is C24H31FO6. The topological polar surface area (TPSA) is 93.1 Å². The van der Waals surface area contributed by atoms with Crippen LogP contribution in [0.15, 0.2) is 23.8 Å². The highest BCUT2D eigenvalue weighted by Crippen LogP contribution is 2.72. The van der Waals surface area contributed by atoms with Crippen LogP contribution in [0.5, 0.6) is 0 Å². The van der Waals surface area contributed by atoms with Crippen LogP contribution in [-0.4, -0.2) is 57.7 Å². The smallest absolute Gasteiger partial charge is 0.193 e. The Morgan fingerprint density at radius 2 is 1.97 bits per heavy atom. The summed E-state index contributed by atoms with van der Waals surface area (Å²) < 4.78 is 29.5. The summed E-state index contributed by atoms with van der Waals surface area (Å²) in [6.45, 7) is 6.41. The Bertz CT molecular complexity index is 925. The molecule has 0 amide bonds. The summed E-state index contributed by atoms with van der Waals surface area (Å²) >= 11 is 0. The fourth-order valence-corrected chi connectivity index (χ4v) is 7.93. The zero-order chi connectivity index (χ0) is 22.6. The number of carbonyl (C=O) groups is 2. The number of hydrogen-bond acceptors (Lipinski definition) is 6. The Kier molecular flexibility index (Phi) is 4.24. The summed E-state index contributed by atoms with van der Waals surface area (Å²) in [5.41, 5.74) is -4.66. The first-order chi connectivity index (χ1) is 14.4. The third kappa shape index (κ3) is 2.31. The number of ketones is 2. The summed E-state index contributed by atoms with van der Waals surface area (Å²) in [6, 6.07) is 0. The molecule has 0 aromatic carbocycles. The lowest BCUT2D eigenvalue weighted by molar-refractivity contribution is -0.246. The maximum absolute atomic E-state index is 17.1. The van der Waals surface area contributed by atoms with Gasteiger partial charge in [0.25, 0.3) is 0 Å². The van der Waals surface area contributed by atoms with Gasteiger partial charge in [0.05, 0.1) is 12.2 Å². The van der Waals surface area contributed by atoms with Crippen molar-refractivity contribution in [3.05, 3.63) is 23.8 Å². The van der Waals surface area contributed by atoms with E-state index in [1.54, 1.807) is 26.8 Å². The van der Waals surface area contributed by atoms with Gasteiger partial charge < -0.3 is 19.7 Å². The molecule has 2 N–H and O–H groups in total. The van der Waals surface area contributed by atoms with E-state index in [0.29, 0.717) is 19.3 Å². The number of aliphatic hydroxyl groups excluding tert-OH is 2. The van der Waals surface area contributed by atoms with E-state index >= 15 is 4.39 Å². The van der Waals surface area contributed by atoms with Gasteiger partial charge in [0.15, 0.2) is 28.6 Å². The standard InChI is InChI=1S/C24H31FO6/c1-20(2)30-19-10-16-15-6-5-13-9-14(27)7-8-21(13,3)23(15,25)17(28)11-22(16,4)24(19,31-20)18(29)12-26/h7-9,15-17,19,26,28H,5-6,10-12H2,1-4H3/t15-,16+,17+,19-,21+,22+,23+,24-/m1/s1. The SMILES string of the molecule is CC1(C)O[C@@H]2C[C@H]3[C@H]4CCC5=CC(=O)C=C[C@]5(C)[C@@]4(F)[C@@H](O)C[C@]3(C)[C@]2(C(=O)CO)O1. The third-order valence-corrected chi connectivity index (χ3v) is 9.19. The van der Waals surface area contributed by atoms with E-state index < -0.39 is 58.4 Å². The minimum Gasteiger partial charge on any atom is -0.390 e. The average molecular weight is 435 g/mol. The van der Waals surface area contributed by atoms with Gasteiger partial charge in [-0.25, -0.2) is 4.39 Å². The third-order valence-electron chi connectivity index (χ3n) is 9.19. The van der Waals surface area contributed by atoms with Gasteiger partial charge in [-0.2, -0.15) is 0 Å². The van der Waals surface area contributed by atoms with E-state index in [2.05, 4.69) is 0 Å². The van der Waals surface area contributed by atoms with E-state index in [1.807, 2.05) is 6.92 Å². The molecule has 0 aromatic heterocycles. The van der Waals surface area contributed by atoms with Crippen LogP contribution in [0, 0.1) is 22.7 Å². The normalized spacial score (nSPS) is 52.1. The molecule has 8 atom stereocenters. The molecule has 0 unspecified atom stereocenters. The number of aliphatic hydroxyl groups is 2. The maximum atomic E-state index is 17.1. The molecule has 170 valence electrons. The molecule has 0 aromatic rings. The van der Waals surface area contributed by atoms with Crippen LogP contribution >= 0.6 is 0 Å². The average Bonchev–Trinajstić information content (AvgIpc) is 3.09. The molecule has 6 nitrogen and oxygen atoms in total. The summed E-state index contributed by atoms with van der Waals surface area (Å²) in [5, 5.41) is 21.2. The highest BCUT2D eigenvalue weighted by molar-refractivity contribution is 6.01. The second kappa shape index (κ2) is 6.13. The fraction of sp³-hybridized carbons (Fsp3) is 0.750. The van der Waals surface area contributed by atoms with Crippen LogP contribution in [0.1, 0.15) is 53.4 Å². The summed E-state index contributed by atoms with van der Waals surface area (Å²) in [6.07, 6.45) is 4.00. The minimum absolute atomic E-state index is 0.0109. The van der Waals surface area contributed by atoms with Gasteiger partial charge >= 0.3 is 0 Å². The minimum atomic E-state index is -1.98. The number of halogens is 1. The number of alkyl halides is 1. The lowest BCUT2D eigenvalue weighted by Gasteiger charge is -2.62. The van der Waals surface area contributed by atoms with Crippen molar-refractivity contribution < 1.29 is 33.7 Å². The number of carbonyl (C=O) groups excluding carboxylic acids is 2. The summed E-state index contributed by atoms with van der Waals surface area (Å²) in [4.78, 5) is 25.1. The molecule has 5 aliphatic rings. The number of ether oxygens (including phenoxy) is 2. The van der Waals surface area contributed by atoms with Crippen molar-refractivity contribution in [3.63, 3.8) is 0 Å². The first-order valence-electron chi connectivity index (χ1n) is 11.2. The van der Waals surface area contributed by atoms with Crippen LogP contribution in [-0.2, 0) is 19.1 Å². The number of allylic oxidation sites excluding steroid dienone is 4. The van der Waals surface area contributed by atoms with E-state index in [0.717, 1.165) is 5.57 Å². The predicted molar refractivity (Wildman–Crippen MR) is 109 cm³/mol. The second-order valence-electron chi connectivity index (χ2n) is 10.9. The van der Waals surface area contributed by atoms with Crippen molar-refractivity contribution >= 4 is 11.6 Å². The zero-order valence-electron chi connectivity index (χ0n) is 18.5. The molecule has 4 fully saturated rings. The van der Waals surface area contributed by atoms with Crippen LogP contribution in [0.25, 0.3) is 0 Å². The zero-order valence-corrected chi connectivity index (χ0v) is 18.5. The predicted octanol–water partition coefficient (Wildman–Crippen LogP) is 2.42. The van der Waals surface area contributed by atoms with E-state index in [-0.39, 0.29) is 18.1 Å². The van der Waals surface area contributed by atoms with Crippen LogP contribution < -0.4 is 0 Å². The number of hydrogen-bond donors (Lipinski definition) is 2. The van der Waals surface area contributed by atoms with Gasteiger partial charge in [-0.15, -0.1) is 0 Å². The van der Waals surface area contributed by atoms with Crippen LogP contribution in [0.4, 0.5) is 4.39 Å². The molecule has 0 bridgehead atoms. The van der Waals surface area contributed by atoms with Crippen molar-refractivity contribution in [2.75, 3.05) is 6.61 Å². The van der Waals surface area contributed by atoms with Gasteiger partial charge in [0.1, 0.15) is 6.61 Å². The molecular weight excluding hydrogens is 403 g/mol. The molecule has 3 saturated carbocycles. The fourth-order valence-electron chi connectivity index (χ4n) is 7.93. The molecule has 0 spiro atoms. The number of rotatable bonds is 2. The van der Waals surface area contributed by atoms with Gasteiger partial charge in [-0.05, 0) is 64.5 Å². The van der Waals surface area contributed by atoms with Crippen LogP contribution in [0.3, 0.4) is 0 Å². The summed E-state index contributed by atoms with van der Waals surface area (Å²) in [7, 11) is 0. The molecule has 7 heteroatoms. The Morgan fingerprint density at radius 3 is 2.65 bits per heavy atom. The Morgan fingerprint density at radius 1 is 1.26 bits per heavy atom. The van der Waals surface area contributed by atoms with Gasteiger partial charge in [0, 0.05) is 16.7 Å². The first kappa shape index (κ1) is 21.4. The van der Waals surface area contributed by atoms with Gasteiger partial charge in [0.2, 0.25) is 0 Å². The van der Waals surface area contributed by atoms with Gasteiger partial charge in [-0.3, -0.25) is 9.59 Å². The number of Topliss-reactive ketones (excluding diaryl/α,β-unsaturated/α-hetero) is 1. The molecule has 4 aliphatic carbocycles. The monoisotopic (exact) mass is 434 g/mol. The van der Waals surface area contributed by atoms with Gasteiger partial charge in [-0.1, -0.05) is 18.6 Å². The first-order valence-corrected chi connectivity index (χ1v) is 11.2. The lowest BCUT2D eigenvalue weighted by atomic mass is 9.44. The Labute approximate surface area is 181 Å². The maximum Gasteiger partial charge on any atom is 0.193 e. The molecule has 31 heavy (non-hydrogen) atoms. The van der Waals surface area contributed by atoms with Crippen molar-refractivity contribution in [1.82, 2.24) is 0 Å². The second-order valence-corrected chi connectivity index (χ2v) is 10.9. The quantitative estimate of drug-likeness (QED) is 0.694. The van der Waals surface area contributed by atoms with Crippen molar-refractivity contribution in [1.29, 1.82) is 0 Å². The molecule has 1 aliphatic heterocycles. The molecule has 5 rings (SSSR count). The molecule has 1 heterocycles. The van der Waals surface area contributed by atoms with E-state index in [9.17, 15) is 19.8 Å². The van der Waals surface area contributed by atoms with Crippen molar-refractivity contribution in [3.8, 4) is 0 Å². The highest BCUT2D eigenvalue weighted by atomic mass is 19.1. The van der Waals surface area contributed by atoms with E-state index in [1.165, 1.54) is 12.2 Å². The lowest BCUT2D eigenvalue weighted by Crippen LogP contribution is -2.70. The van der Waals surface area contributed by atoms with Crippen molar-refractivity contribution in [2.24, 2.45) is 22.7 Å². The summed E-state index contributed by atoms with van der Waals surface area (Å²) in [5.74, 6) is -2.46. The Hall–Kier alpha value is -1.41. The van der Waals surface area contributed by atoms with Crippen LogP contribution in [0.2, 0.25) is 0 Å². The molecule has 1 saturated heterocycles. The largest absolute Gasteiger partial charge is 0.390 e. The highest BCUT2D eigenvalue weighted by Gasteiger charge is 2.79. The Balaban J connectivity index is 1.64. The molecule has 0 radical (unpaired) electrons. The number of fused-ring (bicyclic) bond motifs is 7. The van der Waals surface area contributed by atoms with E-state index in [4.69, 9.17) is 9.47 Å².